The Kier molecular flexibility index (Phi) is 9.56. The standard InChI is InChI=1S/C12H29N5O3S.Na.H/c1-14-11(9-17-4-5-21(18,19)20)6-10(13)7-12(8-11,15-2)16-3;;/h10,14-17H,4-9,13H2,1-3H3,(H,18,19,20);;/q;+1;-1. The molecule has 0 saturated heterocycles. The summed E-state index contributed by atoms with van der Waals surface area (Å²) in [5, 5.41) is 13.0. The molecule has 0 spiro atoms. The van der Waals surface area contributed by atoms with E-state index in [-0.39, 0.29) is 60.5 Å². The van der Waals surface area contributed by atoms with E-state index >= 15 is 0 Å². The molecular formula is C12H30N5NaO3S. The van der Waals surface area contributed by atoms with Crippen LogP contribution in [-0.4, -0.2) is 70.2 Å². The van der Waals surface area contributed by atoms with Gasteiger partial charge in [-0.25, -0.2) is 0 Å². The Hall–Kier alpha value is 0.710. The van der Waals surface area contributed by atoms with Crippen LogP contribution in [0.15, 0.2) is 0 Å². The number of rotatable bonds is 8. The maximum absolute atomic E-state index is 10.7. The molecule has 0 bridgehead atoms. The van der Waals surface area contributed by atoms with Gasteiger partial charge in [-0.1, -0.05) is 0 Å². The van der Waals surface area contributed by atoms with Gasteiger partial charge in [-0.2, -0.15) is 8.42 Å². The summed E-state index contributed by atoms with van der Waals surface area (Å²) in [6.45, 7) is 0.793. The van der Waals surface area contributed by atoms with Crippen LogP contribution < -0.4 is 56.6 Å². The zero-order chi connectivity index (χ0) is 16.1. The van der Waals surface area contributed by atoms with Gasteiger partial charge in [-0.15, -0.1) is 0 Å². The van der Waals surface area contributed by atoms with Crippen LogP contribution in [-0.2, 0) is 10.1 Å². The molecule has 0 aromatic rings. The molecule has 1 rings (SSSR count). The number of hydrogen-bond donors (Lipinski definition) is 6. The van der Waals surface area contributed by atoms with Crippen molar-refractivity contribution in [2.75, 3.05) is 40.0 Å². The Balaban J connectivity index is 0. The van der Waals surface area contributed by atoms with Crippen LogP contribution >= 0.6 is 0 Å². The second-order valence-corrected chi connectivity index (χ2v) is 7.49. The molecule has 2 unspecified atom stereocenters. The van der Waals surface area contributed by atoms with Gasteiger partial charge in [0.05, 0.1) is 11.4 Å². The maximum atomic E-state index is 10.7. The minimum atomic E-state index is -3.93. The van der Waals surface area contributed by atoms with E-state index in [1.165, 1.54) is 0 Å². The van der Waals surface area contributed by atoms with E-state index < -0.39 is 10.1 Å². The SMILES string of the molecule is CNC1(CNCCS(=O)(=O)O)CC(N)CC(NC)(NC)C1.[H-].[Na+]. The van der Waals surface area contributed by atoms with Crippen LogP contribution in [0, 0.1) is 0 Å². The molecule has 1 saturated carbocycles. The van der Waals surface area contributed by atoms with Crippen molar-refractivity contribution >= 4 is 10.1 Å². The molecular weight excluding hydrogens is 317 g/mol. The molecule has 128 valence electrons. The van der Waals surface area contributed by atoms with Crippen LogP contribution in [0.4, 0.5) is 0 Å². The third-order valence-electron chi connectivity index (χ3n) is 4.39. The van der Waals surface area contributed by atoms with Gasteiger partial charge in [0.1, 0.15) is 0 Å². The van der Waals surface area contributed by atoms with Crippen molar-refractivity contribution < 1.29 is 44.0 Å². The van der Waals surface area contributed by atoms with Crippen LogP contribution in [0.1, 0.15) is 20.7 Å². The van der Waals surface area contributed by atoms with Gasteiger partial charge in [0, 0.05) is 24.7 Å². The predicted octanol–water partition coefficient (Wildman–Crippen LogP) is -4.82. The summed E-state index contributed by atoms with van der Waals surface area (Å²) in [5.74, 6) is -0.290. The Morgan fingerprint density at radius 2 is 1.82 bits per heavy atom. The van der Waals surface area contributed by atoms with Crippen molar-refractivity contribution in [3.05, 3.63) is 0 Å². The van der Waals surface area contributed by atoms with Gasteiger partial charge in [0.2, 0.25) is 0 Å². The number of nitrogens with one attached hydrogen (secondary N) is 4. The number of nitrogens with two attached hydrogens (primary N) is 1. The monoisotopic (exact) mass is 347 g/mol. The molecule has 0 aromatic heterocycles. The normalized spacial score (nSPS) is 28.1. The number of hydrogen-bond acceptors (Lipinski definition) is 7. The first-order chi connectivity index (χ1) is 9.70. The molecule has 0 radical (unpaired) electrons. The van der Waals surface area contributed by atoms with Crippen molar-refractivity contribution in [2.24, 2.45) is 5.73 Å². The number of likely N-dealkylation sites (N-methyl/N-ethyl adjacent to an activating group) is 1. The Morgan fingerprint density at radius 3 is 2.27 bits per heavy atom. The van der Waals surface area contributed by atoms with E-state index in [1.54, 1.807) is 0 Å². The average Bonchev–Trinajstić information content (AvgIpc) is 2.42. The molecule has 0 heterocycles. The van der Waals surface area contributed by atoms with Gasteiger partial charge >= 0.3 is 29.6 Å². The summed E-state index contributed by atoms with van der Waals surface area (Å²) in [6.07, 6.45) is 2.44. The molecule has 0 aromatic carbocycles. The summed E-state index contributed by atoms with van der Waals surface area (Å²) in [4.78, 5) is 0. The van der Waals surface area contributed by atoms with Crippen LogP contribution in [0.2, 0.25) is 0 Å². The molecule has 1 aliphatic carbocycles. The van der Waals surface area contributed by atoms with Crippen molar-refractivity contribution in [3.8, 4) is 0 Å². The summed E-state index contributed by atoms with van der Waals surface area (Å²) >= 11 is 0. The van der Waals surface area contributed by atoms with Gasteiger partial charge in [-0.05, 0) is 40.4 Å². The molecule has 22 heavy (non-hydrogen) atoms. The smallest absolute Gasteiger partial charge is 1.00 e. The molecule has 8 nitrogen and oxygen atoms in total. The third-order valence-corrected chi connectivity index (χ3v) is 5.11. The fourth-order valence-electron chi connectivity index (χ4n) is 3.19. The second kappa shape index (κ2) is 9.26. The topological polar surface area (TPSA) is 129 Å². The molecule has 0 amide bonds. The fourth-order valence-corrected chi connectivity index (χ4v) is 3.59. The van der Waals surface area contributed by atoms with E-state index in [0.717, 1.165) is 19.3 Å². The third kappa shape index (κ3) is 6.68. The van der Waals surface area contributed by atoms with Gasteiger partial charge in [-0.3, -0.25) is 4.55 Å². The van der Waals surface area contributed by atoms with Gasteiger partial charge in [0.25, 0.3) is 10.1 Å². The summed E-state index contributed by atoms with van der Waals surface area (Å²) in [6, 6.07) is 0.0366. The molecule has 1 fully saturated rings. The largest absolute Gasteiger partial charge is 1.00 e. The van der Waals surface area contributed by atoms with Crippen LogP contribution in [0.25, 0.3) is 0 Å². The van der Waals surface area contributed by atoms with E-state index in [1.807, 2.05) is 21.1 Å². The fraction of sp³-hybridized carbons (Fsp3) is 1.00. The summed E-state index contributed by atoms with van der Waals surface area (Å²) in [7, 11) is 1.77. The van der Waals surface area contributed by atoms with E-state index in [2.05, 4.69) is 21.3 Å². The van der Waals surface area contributed by atoms with Crippen LogP contribution in [0.5, 0.6) is 0 Å². The Bertz CT molecular complexity index is 438. The average molecular weight is 347 g/mol. The zero-order valence-electron chi connectivity index (χ0n) is 15.1. The molecule has 0 aliphatic heterocycles. The van der Waals surface area contributed by atoms with Gasteiger partial charge < -0.3 is 28.4 Å². The molecule has 1 aliphatic rings. The Labute approximate surface area is 157 Å². The minimum absolute atomic E-state index is 0. The predicted molar refractivity (Wildman–Crippen MR) is 84.9 cm³/mol. The van der Waals surface area contributed by atoms with Crippen molar-refractivity contribution in [1.82, 2.24) is 21.3 Å². The first kappa shape index (κ1) is 22.7. The minimum Gasteiger partial charge on any atom is -1.00 e. The van der Waals surface area contributed by atoms with E-state index in [0.29, 0.717) is 6.54 Å². The molecule has 7 N–H and O–H groups in total. The second-order valence-electron chi connectivity index (χ2n) is 5.92. The van der Waals surface area contributed by atoms with Crippen molar-refractivity contribution in [2.45, 2.75) is 36.5 Å². The van der Waals surface area contributed by atoms with Crippen molar-refractivity contribution in [1.29, 1.82) is 0 Å². The van der Waals surface area contributed by atoms with E-state index in [4.69, 9.17) is 10.3 Å². The summed E-state index contributed by atoms with van der Waals surface area (Å²) < 4.78 is 30.2. The van der Waals surface area contributed by atoms with E-state index in [9.17, 15) is 8.42 Å². The zero-order valence-corrected chi connectivity index (χ0v) is 16.9. The maximum Gasteiger partial charge on any atom is 1.00 e. The first-order valence-corrected chi connectivity index (χ1v) is 8.79. The van der Waals surface area contributed by atoms with Crippen molar-refractivity contribution in [3.63, 3.8) is 0 Å². The van der Waals surface area contributed by atoms with Gasteiger partial charge in [0.15, 0.2) is 0 Å². The molecule has 2 atom stereocenters. The Morgan fingerprint density at radius 1 is 1.23 bits per heavy atom. The van der Waals surface area contributed by atoms with Crippen LogP contribution in [0.3, 0.4) is 0 Å². The first-order valence-electron chi connectivity index (χ1n) is 7.18. The molecule has 10 heteroatoms. The quantitative estimate of drug-likeness (QED) is 0.112. The summed E-state index contributed by atoms with van der Waals surface area (Å²) in [5.41, 5.74) is 5.72.